The van der Waals surface area contributed by atoms with Gasteiger partial charge in [-0.25, -0.2) is 0 Å². The summed E-state index contributed by atoms with van der Waals surface area (Å²) in [5.41, 5.74) is 2.71. The highest BCUT2D eigenvalue weighted by atomic mass is 16.5. The average molecular weight is 379 g/mol. The Hall–Kier alpha value is -3.15. The van der Waals surface area contributed by atoms with Gasteiger partial charge in [-0.1, -0.05) is 50.2 Å². The predicted molar refractivity (Wildman–Crippen MR) is 107 cm³/mol. The molecule has 6 heteroatoms. The molecule has 0 bridgehead atoms. The maximum atomic E-state index is 12.3. The van der Waals surface area contributed by atoms with Crippen LogP contribution < -0.4 is 10.1 Å². The Balaban J connectivity index is 1.55. The van der Waals surface area contributed by atoms with Gasteiger partial charge in [-0.15, -0.1) is 0 Å². The minimum Gasteiger partial charge on any atom is -0.497 e. The van der Waals surface area contributed by atoms with Crippen molar-refractivity contribution in [2.24, 2.45) is 0 Å². The van der Waals surface area contributed by atoms with Crippen molar-refractivity contribution in [3.63, 3.8) is 0 Å². The van der Waals surface area contributed by atoms with Crippen LogP contribution >= 0.6 is 0 Å². The van der Waals surface area contributed by atoms with Gasteiger partial charge in [0.05, 0.1) is 7.11 Å². The summed E-state index contributed by atoms with van der Waals surface area (Å²) in [4.78, 5) is 16.7. The summed E-state index contributed by atoms with van der Waals surface area (Å²) in [5.74, 6) is 1.58. The number of carbonyl (C=O) groups is 1. The molecule has 0 atom stereocenters. The third-order valence-electron chi connectivity index (χ3n) is 4.43. The van der Waals surface area contributed by atoms with Crippen LogP contribution in [-0.2, 0) is 11.8 Å². The van der Waals surface area contributed by atoms with Crippen molar-refractivity contribution >= 4 is 5.91 Å². The summed E-state index contributed by atoms with van der Waals surface area (Å²) in [6.07, 6.45) is 0.461. The molecule has 0 fully saturated rings. The lowest BCUT2D eigenvalue weighted by Gasteiger charge is -2.19. The van der Waals surface area contributed by atoms with Crippen LogP contribution in [0.5, 0.6) is 5.75 Å². The highest BCUT2D eigenvalue weighted by molar-refractivity contribution is 5.94. The van der Waals surface area contributed by atoms with Crippen LogP contribution in [0.2, 0.25) is 0 Å². The van der Waals surface area contributed by atoms with E-state index in [4.69, 9.17) is 9.26 Å². The molecule has 0 spiro atoms. The molecule has 1 aromatic heterocycles. The Morgan fingerprint density at radius 2 is 1.89 bits per heavy atom. The number of ether oxygens (including phenoxy) is 1. The normalized spacial score (nSPS) is 11.3. The fourth-order valence-corrected chi connectivity index (χ4v) is 2.74. The van der Waals surface area contributed by atoms with E-state index in [-0.39, 0.29) is 11.3 Å². The molecule has 1 amide bonds. The van der Waals surface area contributed by atoms with Gasteiger partial charge in [0.1, 0.15) is 5.75 Å². The molecule has 1 heterocycles. The molecule has 0 aliphatic carbocycles. The van der Waals surface area contributed by atoms with Gasteiger partial charge in [0.2, 0.25) is 11.7 Å². The number of nitrogens with one attached hydrogen (secondary N) is 1. The molecule has 0 unspecified atom stereocenters. The number of carbonyl (C=O) groups excluding carboxylic acids is 1. The summed E-state index contributed by atoms with van der Waals surface area (Å²) >= 11 is 0. The molecule has 0 aliphatic heterocycles. The second-order valence-corrected chi connectivity index (χ2v) is 7.58. The molecule has 0 saturated heterocycles. The zero-order valence-electron chi connectivity index (χ0n) is 16.7. The van der Waals surface area contributed by atoms with Crippen LogP contribution in [-0.4, -0.2) is 29.7 Å². The van der Waals surface area contributed by atoms with Crippen molar-refractivity contribution in [1.29, 1.82) is 0 Å². The van der Waals surface area contributed by atoms with E-state index in [1.165, 1.54) is 5.56 Å². The summed E-state index contributed by atoms with van der Waals surface area (Å²) in [7, 11) is 1.61. The van der Waals surface area contributed by atoms with E-state index in [9.17, 15) is 4.79 Å². The first-order valence-corrected chi connectivity index (χ1v) is 9.22. The first-order chi connectivity index (χ1) is 13.4. The second-order valence-electron chi connectivity index (χ2n) is 7.58. The number of rotatable bonds is 6. The molecule has 2 aromatic carbocycles. The van der Waals surface area contributed by atoms with Gasteiger partial charge in [0.25, 0.3) is 5.91 Å². The fraction of sp³-hybridized carbons (Fsp3) is 0.318. The number of aromatic nitrogens is 2. The molecule has 3 rings (SSSR count). The fourth-order valence-electron chi connectivity index (χ4n) is 2.74. The maximum Gasteiger partial charge on any atom is 0.251 e. The standard InChI is InChI=1S/C22H25N3O3/c1-22(2,3)17-10-8-15(9-11-17)21(26)23-13-12-19-24-20(25-28-19)16-6-5-7-18(14-16)27-4/h5-11,14H,12-13H2,1-4H3,(H,23,26). The quantitative estimate of drug-likeness (QED) is 0.700. The SMILES string of the molecule is COc1cccc(-c2noc(CCNC(=O)c3ccc(C(C)(C)C)cc3)n2)c1. The van der Waals surface area contributed by atoms with Gasteiger partial charge >= 0.3 is 0 Å². The van der Waals surface area contributed by atoms with Gasteiger partial charge < -0.3 is 14.6 Å². The lowest BCUT2D eigenvalue weighted by atomic mass is 9.87. The number of hydrogen-bond donors (Lipinski definition) is 1. The zero-order valence-corrected chi connectivity index (χ0v) is 16.7. The average Bonchev–Trinajstić information content (AvgIpc) is 3.16. The number of methoxy groups -OCH3 is 1. The first-order valence-electron chi connectivity index (χ1n) is 9.22. The van der Waals surface area contributed by atoms with Crippen molar-refractivity contribution in [3.8, 4) is 17.1 Å². The van der Waals surface area contributed by atoms with E-state index in [1.807, 2.05) is 48.5 Å². The van der Waals surface area contributed by atoms with Crippen LogP contribution in [0.4, 0.5) is 0 Å². The van der Waals surface area contributed by atoms with Gasteiger partial charge in [0.15, 0.2) is 0 Å². The van der Waals surface area contributed by atoms with E-state index in [0.29, 0.717) is 30.2 Å². The van der Waals surface area contributed by atoms with Crippen LogP contribution in [0.25, 0.3) is 11.4 Å². The molecular formula is C22H25N3O3. The lowest BCUT2D eigenvalue weighted by Crippen LogP contribution is -2.25. The Kier molecular flexibility index (Phi) is 5.78. The largest absolute Gasteiger partial charge is 0.497 e. The molecule has 146 valence electrons. The van der Waals surface area contributed by atoms with Crippen molar-refractivity contribution in [2.75, 3.05) is 13.7 Å². The zero-order chi connectivity index (χ0) is 20.1. The van der Waals surface area contributed by atoms with Gasteiger partial charge in [-0.05, 0) is 35.2 Å². The molecule has 28 heavy (non-hydrogen) atoms. The highest BCUT2D eigenvalue weighted by Crippen LogP contribution is 2.22. The van der Waals surface area contributed by atoms with E-state index in [1.54, 1.807) is 7.11 Å². The summed E-state index contributed by atoms with van der Waals surface area (Å²) < 4.78 is 10.5. The molecule has 6 nitrogen and oxygen atoms in total. The Labute approximate surface area is 164 Å². The summed E-state index contributed by atoms with van der Waals surface area (Å²) in [5, 5.41) is 6.88. The topological polar surface area (TPSA) is 77.3 Å². The maximum absolute atomic E-state index is 12.3. The lowest BCUT2D eigenvalue weighted by molar-refractivity contribution is 0.0953. The van der Waals surface area contributed by atoms with Gasteiger partial charge in [-0.2, -0.15) is 4.98 Å². The van der Waals surface area contributed by atoms with Crippen LogP contribution in [0.3, 0.4) is 0 Å². The Bertz CT molecular complexity index is 940. The van der Waals surface area contributed by atoms with Crippen LogP contribution in [0.15, 0.2) is 53.1 Å². The van der Waals surface area contributed by atoms with Crippen molar-refractivity contribution < 1.29 is 14.1 Å². The van der Waals surface area contributed by atoms with Crippen molar-refractivity contribution in [1.82, 2.24) is 15.5 Å². The van der Waals surface area contributed by atoms with Crippen LogP contribution in [0, 0.1) is 0 Å². The molecule has 0 aliphatic rings. The first kappa shape index (κ1) is 19.6. The van der Waals surface area contributed by atoms with E-state index < -0.39 is 0 Å². The minimum atomic E-state index is -0.118. The Morgan fingerprint density at radius 3 is 2.57 bits per heavy atom. The van der Waals surface area contributed by atoms with Gasteiger partial charge in [-0.3, -0.25) is 4.79 Å². The second kappa shape index (κ2) is 8.25. The number of benzene rings is 2. The smallest absolute Gasteiger partial charge is 0.251 e. The summed E-state index contributed by atoms with van der Waals surface area (Å²) in [6, 6.07) is 15.1. The van der Waals surface area contributed by atoms with Crippen LogP contribution in [0.1, 0.15) is 42.6 Å². The molecular weight excluding hydrogens is 354 g/mol. The highest BCUT2D eigenvalue weighted by Gasteiger charge is 2.14. The third-order valence-corrected chi connectivity index (χ3v) is 4.43. The van der Waals surface area contributed by atoms with Crippen molar-refractivity contribution in [3.05, 3.63) is 65.5 Å². The number of nitrogens with zero attached hydrogens (tertiary/aromatic N) is 2. The summed E-state index contributed by atoms with van der Waals surface area (Å²) in [6.45, 7) is 6.85. The van der Waals surface area contributed by atoms with E-state index in [2.05, 4.69) is 36.2 Å². The molecule has 0 saturated carbocycles. The van der Waals surface area contributed by atoms with Gasteiger partial charge in [0, 0.05) is 24.1 Å². The van der Waals surface area contributed by atoms with E-state index >= 15 is 0 Å². The number of hydrogen-bond acceptors (Lipinski definition) is 5. The third kappa shape index (κ3) is 4.76. The monoisotopic (exact) mass is 379 g/mol. The minimum absolute atomic E-state index is 0.0629. The van der Waals surface area contributed by atoms with E-state index in [0.717, 1.165) is 11.3 Å². The number of amides is 1. The molecule has 0 radical (unpaired) electrons. The Morgan fingerprint density at radius 1 is 1.14 bits per heavy atom. The van der Waals surface area contributed by atoms with Crippen molar-refractivity contribution in [2.45, 2.75) is 32.6 Å². The molecule has 1 N–H and O–H groups in total. The molecule has 3 aromatic rings. The predicted octanol–water partition coefficient (Wildman–Crippen LogP) is 4.02.